The number of hydrogen-bond donors (Lipinski definition) is 3. The minimum Gasteiger partial charge on any atom is -0.399 e. The van der Waals surface area contributed by atoms with E-state index in [9.17, 15) is 0 Å². The lowest BCUT2D eigenvalue weighted by Gasteiger charge is -2.09. The molecule has 0 amide bonds. The molecule has 6 heteroatoms. The highest BCUT2D eigenvalue weighted by Gasteiger charge is 2.12. The summed E-state index contributed by atoms with van der Waals surface area (Å²) in [6.07, 6.45) is 0. The SMILES string of the molecule is Nc1ccc(-c2nc(-c3ccc(N)cc3)nc(-c3ccc(N)cc3)n2)cc1. The summed E-state index contributed by atoms with van der Waals surface area (Å²) in [5, 5.41) is 0. The zero-order chi connectivity index (χ0) is 18.8. The Morgan fingerprint density at radius 3 is 0.815 bits per heavy atom. The average molecular weight is 354 g/mol. The Labute approximate surface area is 156 Å². The van der Waals surface area contributed by atoms with E-state index < -0.39 is 0 Å². The van der Waals surface area contributed by atoms with Crippen LogP contribution in [-0.2, 0) is 0 Å². The molecule has 27 heavy (non-hydrogen) atoms. The third-order valence-electron chi connectivity index (χ3n) is 4.14. The molecular weight excluding hydrogens is 336 g/mol. The van der Waals surface area contributed by atoms with Gasteiger partial charge in [0.05, 0.1) is 0 Å². The fourth-order valence-electron chi connectivity index (χ4n) is 2.66. The van der Waals surface area contributed by atoms with Gasteiger partial charge < -0.3 is 17.2 Å². The van der Waals surface area contributed by atoms with Gasteiger partial charge in [0, 0.05) is 33.8 Å². The first-order valence-corrected chi connectivity index (χ1v) is 8.42. The Hall–Kier alpha value is -3.93. The topological polar surface area (TPSA) is 117 Å². The van der Waals surface area contributed by atoms with Gasteiger partial charge in [-0.1, -0.05) is 0 Å². The van der Waals surface area contributed by atoms with Crippen molar-refractivity contribution < 1.29 is 0 Å². The second kappa shape index (κ2) is 6.76. The minimum absolute atomic E-state index is 0.573. The van der Waals surface area contributed by atoms with Crippen LogP contribution in [0, 0.1) is 0 Å². The van der Waals surface area contributed by atoms with Crippen LogP contribution in [0.3, 0.4) is 0 Å². The first kappa shape index (κ1) is 16.5. The average Bonchev–Trinajstić information content (AvgIpc) is 2.69. The molecule has 0 saturated heterocycles. The lowest BCUT2D eigenvalue weighted by molar-refractivity contribution is 1.07. The largest absolute Gasteiger partial charge is 0.399 e. The number of nitrogens with zero attached hydrogens (tertiary/aromatic N) is 3. The monoisotopic (exact) mass is 354 g/mol. The van der Waals surface area contributed by atoms with Gasteiger partial charge in [-0.2, -0.15) is 0 Å². The highest BCUT2D eigenvalue weighted by atomic mass is 15.0. The molecule has 6 N–H and O–H groups in total. The van der Waals surface area contributed by atoms with Crippen molar-refractivity contribution in [2.45, 2.75) is 0 Å². The molecule has 0 aliphatic rings. The minimum atomic E-state index is 0.573. The molecule has 0 aliphatic heterocycles. The van der Waals surface area contributed by atoms with Crippen molar-refractivity contribution in [3.8, 4) is 34.2 Å². The summed E-state index contributed by atoms with van der Waals surface area (Å²) < 4.78 is 0. The Morgan fingerprint density at radius 2 is 0.593 bits per heavy atom. The molecule has 0 unspecified atom stereocenters. The number of anilines is 3. The van der Waals surface area contributed by atoms with Gasteiger partial charge in [-0.15, -0.1) is 0 Å². The van der Waals surface area contributed by atoms with Crippen molar-refractivity contribution in [2.24, 2.45) is 0 Å². The zero-order valence-electron chi connectivity index (χ0n) is 14.5. The Morgan fingerprint density at radius 1 is 0.370 bits per heavy atom. The van der Waals surface area contributed by atoms with E-state index in [-0.39, 0.29) is 0 Å². The Bertz CT molecular complexity index is 917. The fraction of sp³-hybridized carbons (Fsp3) is 0. The highest BCUT2D eigenvalue weighted by Crippen LogP contribution is 2.26. The molecule has 0 fully saturated rings. The molecule has 4 rings (SSSR count). The van der Waals surface area contributed by atoms with Crippen molar-refractivity contribution in [2.75, 3.05) is 17.2 Å². The maximum Gasteiger partial charge on any atom is 0.164 e. The summed E-state index contributed by atoms with van der Waals surface area (Å²) in [6.45, 7) is 0. The van der Waals surface area contributed by atoms with Crippen molar-refractivity contribution >= 4 is 17.1 Å². The molecule has 0 radical (unpaired) electrons. The van der Waals surface area contributed by atoms with Crippen LogP contribution in [0.4, 0.5) is 17.1 Å². The third kappa shape index (κ3) is 3.55. The Balaban J connectivity index is 1.89. The molecule has 6 nitrogen and oxygen atoms in total. The van der Waals surface area contributed by atoms with Crippen LogP contribution in [-0.4, -0.2) is 15.0 Å². The van der Waals surface area contributed by atoms with Crippen LogP contribution in [0.25, 0.3) is 34.2 Å². The van der Waals surface area contributed by atoms with Crippen LogP contribution in [0.2, 0.25) is 0 Å². The summed E-state index contributed by atoms with van der Waals surface area (Å²) in [5.74, 6) is 1.72. The van der Waals surface area contributed by atoms with E-state index >= 15 is 0 Å². The molecule has 0 bridgehead atoms. The van der Waals surface area contributed by atoms with Crippen molar-refractivity contribution in [1.82, 2.24) is 15.0 Å². The molecular formula is C21H18N6. The molecule has 0 spiro atoms. The van der Waals surface area contributed by atoms with Crippen molar-refractivity contribution in [3.05, 3.63) is 72.8 Å². The van der Waals surface area contributed by atoms with Crippen LogP contribution in [0.15, 0.2) is 72.8 Å². The summed E-state index contributed by atoms with van der Waals surface area (Å²) in [6, 6.07) is 22.3. The summed E-state index contributed by atoms with van der Waals surface area (Å²) in [7, 11) is 0. The lowest BCUT2D eigenvalue weighted by Crippen LogP contribution is -2.00. The van der Waals surface area contributed by atoms with E-state index in [0.29, 0.717) is 34.5 Å². The van der Waals surface area contributed by atoms with Gasteiger partial charge in [0.1, 0.15) is 0 Å². The van der Waals surface area contributed by atoms with Crippen LogP contribution >= 0.6 is 0 Å². The summed E-state index contributed by atoms with van der Waals surface area (Å²) in [4.78, 5) is 13.9. The first-order valence-electron chi connectivity index (χ1n) is 8.42. The van der Waals surface area contributed by atoms with E-state index in [2.05, 4.69) is 15.0 Å². The Kier molecular flexibility index (Phi) is 4.14. The van der Waals surface area contributed by atoms with E-state index in [1.54, 1.807) is 0 Å². The molecule has 1 aromatic heterocycles. The molecule has 0 saturated carbocycles. The van der Waals surface area contributed by atoms with Crippen LogP contribution < -0.4 is 17.2 Å². The van der Waals surface area contributed by atoms with Gasteiger partial charge in [-0.05, 0) is 72.8 Å². The number of hydrogen-bond acceptors (Lipinski definition) is 6. The van der Waals surface area contributed by atoms with Gasteiger partial charge in [0.25, 0.3) is 0 Å². The van der Waals surface area contributed by atoms with Crippen LogP contribution in [0.5, 0.6) is 0 Å². The highest BCUT2D eigenvalue weighted by molar-refractivity contribution is 5.68. The summed E-state index contributed by atoms with van der Waals surface area (Å²) in [5.41, 5.74) is 22.0. The third-order valence-corrected chi connectivity index (χ3v) is 4.14. The molecule has 0 atom stereocenters. The lowest BCUT2D eigenvalue weighted by atomic mass is 10.1. The number of nitrogens with two attached hydrogens (primary N) is 3. The van der Waals surface area contributed by atoms with Gasteiger partial charge in [0.15, 0.2) is 17.5 Å². The number of benzene rings is 3. The standard InChI is InChI=1S/C21H18N6/c22-16-7-1-13(2-8-16)19-25-20(14-3-9-17(23)10-4-14)27-21(26-19)15-5-11-18(24)12-6-15/h1-12H,22-24H2. The van der Waals surface area contributed by atoms with Crippen molar-refractivity contribution in [3.63, 3.8) is 0 Å². The predicted molar refractivity (Wildman–Crippen MR) is 109 cm³/mol. The molecule has 3 aromatic carbocycles. The van der Waals surface area contributed by atoms with Gasteiger partial charge >= 0.3 is 0 Å². The number of nitrogen functional groups attached to an aromatic ring is 3. The molecule has 1 heterocycles. The van der Waals surface area contributed by atoms with Crippen LogP contribution in [0.1, 0.15) is 0 Å². The molecule has 132 valence electrons. The normalized spacial score (nSPS) is 10.7. The van der Waals surface area contributed by atoms with Gasteiger partial charge in [-0.25, -0.2) is 15.0 Å². The maximum absolute atomic E-state index is 5.80. The van der Waals surface area contributed by atoms with Gasteiger partial charge in [0.2, 0.25) is 0 Å². The molecule has 4 aromatic rings. The quantitative estimate of drug-likeness (QED) is 0.484. The van der Waals surface area contributed by atoms with E-state index in [4.69, 9.17) is 17.2 Å². The second-order valence-corrected chi connectivity index (χ2v) is 6.17. The number of rotatable bonds is 3. The summed E-state index contributed by atoms with van der Waals surface area (Å²) >= 11 is 0. The number of aromatic nitrogens is 3. The smallest absolute Gasteiger partial charge is 0.164 e. The fourth-order valence-corrected chi connectivity index (χ4v) is 2.66. The van der Waals surface area contributed by atoms with Crippen molar-refractivity contribution in [1.29, 1.82) is 0 Å². The van der Waals surface area contributed by atoms with E-state index in [0.717, 1.165) is 16.7 Å². The zero-order valence-corrected chi connectivity index (χ0v) is 14.5. The van der Waals surface area contributed by atoms with E-state index in [1.165, 1.54) is 0 Å². The maximum atomic E-state index is 5.80. The first-order chi connectivity index (χ1) is 13.1. The molecule has 0 aliphatic carbocycles. The second-order valence-electron chi connectivity index (χ2n) is 6.17. The van der Waals surface area contributed by atoms with E-state index in [1.807, 2.05) is 72.8 Å². The van der Waals surface area contributed by atoms with Gasteiger partial charge in [-0.3, -0.25) is 0 Å². The predicted octanol–water partition coefficient (Wildman–Crippen LogP) is 3.62.